The van der Waals surface area contributed by atoms with Gasteiger partial charge in [0.1, 0.15) is 23.0 Å². The molecule has 2 N–H and O–H groups in total. The quantitative estimate of drug-likeness (QED) is 0.109. The van der Waals surface area contributed by atoms with Gasteiger partial charge in [-0.3, -0.25) is 14.4 Å². The van der Waals surface area contributed by atoms with Crippen LogP contribution in [0.25, 0.3) is 11.0 Å². The average molecular weight is 711 g/mol. The first kappa shape index (κ1) is 36.3. The molecule has 2 heterocycles. The topological polar surface area (TPSA) is 162 Å². The molecule has 0 bridgehead atoms. The van der Waals surface area contributed by atoms with Crippen LogP contribution in [0.2, 0.25) is 0 Å². The Kier molecular flexibility index (Phi) is 11.6. The number of ether oxygens (including phenoxy) is 3. The minimum atomic E-state index is -1.39. The third-order valence-electron chi connectivity index (χ3n) is 9.50. The highest BCUT2D eigenvalue weighted by molar-refractivity contribution is 6.08. The molecule has 1 aliphatic heterocycles. The molecule has 2 amide bonds. The maximum atomic E-state index is 14.5. The second-order valence-electron chi connectivity index (χ2n) is 12.9. The predicted octanol–water partition coefficient (Wildman–Crippen LogP) is 5.50. The number of nitrogens with one attached hydrogen (secondary N) is 1. The molecule has 4 aromatic rings. The lowest BCUT2D eigenvalue weighted by atomic mass is 9.84. The molecule has 2 aliphatic rings. The van der Waals surface area contributed by atoms with E-state index in [0.29, 0.717) is 47.2 Å². The number of carbonyl (C=O) groups excluding carboxylic acids is 4. The van der Waals surface area contributed by atoms with Crippen molar-refractivity contribution < 1.29 is 42.9 Å². The summed E-state index contributed by atoms with van der Waals surface area (Å²) in [5.74, 6) is -2.37. The number of rotatable bonds is 12. The minimum Gasteiger partial charge on any atom is -0.493 e. The summed E-state index contributed by atoms with van der Waals surface area (Å²) in [5, 5.41) is 13.0. The van der Waals surface area contributed by atoms with Crippen molar-refractivity contribution in [3.8, 4) is 5.75 Å². The van der Waals surface area contributed by atoms with Gasteiger partial charge in [0.2, 0.25) is 5.91 Å². The minimum absolute atomic E-state index is 0.0632. The summed E-state index contributed by atoms with van der Waals surface area (Å²) in [5.41, 5.74) is 0.0278. The van der Waals surface area contributed by atoms with Crippen molar-refractivity contribution in [1.29, 1.82) is 0 Å². The van der Waals surface area contributed by atoms with Crippen LogP contribution < -0.4 is 20.6 Å². The maximum Gasteiger partial charge on any atom is 0.351 e. The van der Waals surface area contributed by atoms with Crippen LogP contribution in [0.3, 0.4) is 0 Å². The number of hydrogen-bond donors (Lipinski definition) is 2. The van der Waals surface area contributed by atoms with Crippen LogP contribution in [0.4, 0.5) is 5.69 Å². The van der Waals surface area contributed by atoms with Crippen molar-refractivity contribution in [3.05, 3.63) is 106 Å². The summed E-state index contributed by atoms with van der Waals surface area (Å²) in [7, 11) is 0. The highest BCUT2D eigenvalue weighted by Crippen LogP contribution is 2.43. The fourth-order valence-electron chi connectivity index (χ4n) is 6.98. The standard InChI is InChI=1S/C40H42N2O10/c1-2-49-34(44)24-32-36(52-40(48)30-22-27-16-9-10-17-33(27)51-39(30)47)35(41-37(45)25-12-5-3-6-13-25)29-23-28(50-21-11-20-43)18-19-31(29)42(32)38(46)26-14-7-4-8-15-26/h4,7-10,14-19,22-23,25,32,35-36,43H,2-3,5-6,11-13,20-21,24H2,1H3,(H,41,45)/t32-,35-,36-/m0/s1. The van der Waals surface area contributed by atoms with Gasteiger partial charge in [-0.25, -0.2) is 9.59 Å². The van der Waals surface area contributed by atoms with Gasteiger partial charge in [0.15, 0.2) is 0 Å². The highest BCUT2D eigenvalue weighted by atomic mass is 16.6. The van der Waals surface area contributed by atoms with E-state index in [1.807, 2.05) is 0 Å². The Labute approximate surface area is 300 Å². The number of benzene rings is 3. The van der Waals surface area contributed by atoms with Gasteiger partial charge < -0.3 is 34.0 Å². The Morgan fingerprint density at radius 2 is 1.69 bits per heavy atom. The molecule has 52 heavy (non-hydrogen) atoms. The number of nitrogens with zero attached hydrogens (tertiary/aromatic N) is 1. The van der Waals surface area contributed by atoms with Gasteiger partial charge in [-0.2, -0.15) is 0 Å². The zero-order chi connectivity index (χ0) is 36.6. The molecule has 272 valence electrons. The van der Waals surface area contributed by atoms with E-state index in [2.05, 4.69) is 5.32 Å². The predicted molar refractivity (Wildman–Crippen MR) is 191 cm³/mol. The lowest BCUT2D eigenvalue weighted by molar-refractivity contribution is -0.144. The molecule has 3 aromatic carbocycles. The zero-order valence-electron chi connectivity index (χ0n) is 29.0. The largest absolute Gasteiger partial charge is 0.493 e. The van der Waals surface area contributed by atoms with E-state index in [0.717, 1.165) is 19.3 Å². The summed E-state index contributed by atoms with van der Waals surface area (Å²) in [6, 6.07) is 19.3. The number of amides is 2. The van der Waals surface area contributed by atoms with Crippen molar-refractivity contribution in [1.82, 2.24) is 5.32 Å². The lowest BCUT2D eigenvalue weighted by Crippen LogP contribution is -2.59. The summed E-state index contributed by atoms with van der Waals surface area (Å²) in [6.45, 7) is 1.83. The van der Waals surface area contributed by atoms with Gasteiger partial charge in [-0.05, 0) is 62.2 Å². The number of fused-ring (bicyclic) bond motifs is 2. The van der Waals surface area contributed by atoms with E-state index in [-0.39, 0.29) is 37.2 Å². The molecular formula is C40H42N2O10. The molecule has 3 atom stereocenters. The van der Waals surface area contributed by atoms with Crippen LogP contribution in [0, 0.1) is 5.92 Å². The Hall–Kier alpha value is -5.49. The van der Waals surface area contributed by atoms with Crippen molar-refractivity contribution in [2.45, 2.75) is 70.1 Å². The molecule has 1 aromatic heterocycles. The summed E-state index contributed by atoms with van der Waals surface area (Å²) < 4.78 is 22.9. The molecule has 12 heteroatoms. The Balaban J connectivity index is 1.51. The second kappa shape index (κ2) is 16.7. The number of para-hydroxylation sites is 1. The highest BCUT2D eigenvalue weighted by Gasteiger charge is 2.48. The van der Waals surface area contributed by atoms with Crippen molar-refractivity contribution >= 4 is 40.4 Å². The van der Waals surface area contributed by atoms with Crippen LogP contribution in [-0.2, 0) is 19.1 Å². The Morgan fingerprint density at radius 3 is 2.44 bits per heavy atom. The van der Waals surface area contributed by atoms with E-state index in [1.54, 1.807) is 79.7 Å². The van der Waals surface area contributed by atoms with E-state index in [9.17, 15) is 29.1 Å². The molecule has 0 unspecified atom stereocenters. The van der Waals surface area contributed by atoms with Gasteiger partial charge in [0.25, 0.3) is 5.91 Å². The van der Waals surface area contributed by atoms with E-state index >= 15 is 0 Å². The SMILES string of the molecule is CCOC(=O)C[C@H]1[C@H](OC(=O)c2cc3ccccc3oc2=O)[C@@H](NC(=O)C2CCCCC2)c2cc(OCCCO)ccc2N1C(=O)c1ccccc1. The van der Waals surface area contributed by atoms with Crippen LogP contribution in [0.5, 0.6) is 5.75 Å². The summed E-state index contributed by atoms with van der Waals surface area (Å²) in [6.07, 6.45) is 2.76. The number of aliphatic hydroxyl groups is 1. The van der Waals surface area contributed by atoms with Crippen molar-refractivity contribution in [2.24, 2.45) is 5.92 Å². The van der Waals surface area contributed by atoms with Crippen LogP contribution in [-0.4, -0.2) is 60.8 Å². The Bertz CT molecular complexity index is 1970. The summed E-state index contributed by atoms with van der Waals surface area (Å²) in [4.78, 5) is 70.5. The molecule has 6 rings (SSSR count). The zero-order valence-corrected chi connectivity index (χ0v) is 29.0. The fourth-order valence-corrected chi connectivity index (χ4v) is 6.98. The van der Waals surface area contributed by atoms with Gasteiger partial charge in [-0.15, -0.1) is 0 Å². The van der Waals surface area contributed by atoms with Gasteiger partial charge in [-0.1, -0.05) is 55.7 Å². The van der Waals surface area contributed by atoms with Crippen LogP contribution in [0.15, 0.2) is 88.1 Å². The smallest absolute Gasteiger partial charge is 0.351 e. The average Bonchev–Trinajstić information content (AvgIpc) is 3.16. The normalized spacial score (nSPS) is 18.7. The van der Waals surface area contributed by atoms with Gasteiger partial charge >= 0.3 is 17.6 Å². The first-order valence-electron chi connectivity index (χ1n) is 17.7. The fraction of sp³-hybridized carbons (Fsp3) is 0.375. The lowest BCUT2D eigenvalue weighted by Gasteiger charge is -2.46. The number of aliphatic hydroxyl groups excluding tert-OH is 1. The van der Waals surface area contributed by atoms with Crippen LogP contribution >= 0.6 is 0 Å². The molecule has 0 saturated heterocycles. The molecule has 1 aliphatic carbocycles. The maximum absolute atomic E-state index is 14.5. The molecule has 1 fully saturated rings. The molecule has 1 saturated carbocycles. The van der Waals surface area contributed by atoms with E-state index in [4.69, 9.17) is 18.6 Å². The van der Waals surface area contributed by atoms with Crippen molar-refractivity contribution in [2.75, 3.05) is 24.7 Å². The van der Waals surface area contributed by atoms with Crippen molar-refractivity contribution in [3.63, 3.8) is 0 Å². The van der Waals surface area contributed by atoms with E-state index in [1.165, 1.54) is 11.0 Å². The second-order valence-corrected chi connectivity index (χ2v) is 12.9. The molecular weight excluding hydrogens is 668 g/mol. The Morgan fingerprint density at radius 1 is 0.942 bits per heavy atom. The monoisotopic (exact) mass is 710 g/mol. The number of carbonyl (C=O) groups is 4. The third kappa shape index (κ3) is 8.02. The van der Waals surface area contributed by atoms with Gasteiger partial charge in [0.05, 0.1) is 37.4 Å². The summed E-state index contributed by atoms with van der Waals surface area (Å²) >= 11 is 0. The number of esters is 2. The molecule has 0 radical (unpaired) electrons. The van der Waals surface area contributed by atoms with E-state index < -0.39 is 53.6 Å². The van der Waals surface area contributed by atoms with Gasteiger partial charge in [0, 0.05) is 35.5 Å². The number of hydrogen-bond acceptors (Lipinski definition) is 10. The molecule has 0 spiro atoms. The van der Waals surface area contributed by atoms with Crippen LogP contribution in [0.1, 0.15) is 84.2 Å². The number of anilines is 1. The first-order valence-corrected chi connectivity index (χ1v) is 17.7. The third-order valence-corrected chi connectivity index (χ3v) is 9.50. The molecule has 12 nitrogen and oxygen atoms in total. The first-order chi connectivity index (χ1) is 25.3.